The fourth-order valence-electron chi connectivity index (χ4n) is 2.41. The van der Waals surface area contributed by atoms with Gasteiger partial charge in [-0.25, -0.2) is 10.2 Å². The topological polar surface area (TPSA) is 111 Å². The van der Waals surface area contributed by atoms with Gasteiger partial charge in [0.25, 0.3) is 11.6 Å². The number of nitrogens with zero attached hydrogens (tertiary/aromatic N) is 2. The van der Waals surface area contributed by atoms with Gasteiger partial charge in [-0.05, 0) is 42.5 Å². The zero-order valence-electron chi connectivity index (χ0n) is 15.3. The number of nitrogens with one attached hydrogen (secondary N) is 1. The van der Waals surface area contributed by atoms with Crippen molar-refractivity contribution >= 4 is 35.4 Å². The fourth-order valence-corrected chi connectivity index (χ4v) is 2.54. The summed E-state index contributed by atoms with van der Waals surface area (Å²) < 4.78 is 5.39. The number of para-hydroxylation sites is 1. The lowest BCUT2D eigenvalue weighted by Crippen LogP contribution is -2.17. The maximum Gasteiger partial charge on any atom is 0.343 e. The van der Waals surface area contributed by atoms with Gasteiger partial charge in [-0.2, -0.15) is 5.10 Å². The van der Waals surface area contributed by atoms with E-state index in [0.29, 0.717) is 16.1 Å². The summed E-state index contributed by atoms with van der Waals surface area (Å²) in [6.07, 6.45) is 1.31. The number of rotatable bonds is 6. The lowest BCUT2D eigenvalue weighted by atomic mass is 10.2. The Bertz CT molecular complexity index is 1130. The second-order valence-corrected chi connectivity index (χ2v) is 6.38. The fraction of sp³-hybridized carbons (Fsp3) is 0. The molecule has 1 amide bonds. The Kier molecular flexibility index (Phi) is 6.51. The van der Waals surface area contributed by atoms with Crippen molar-refractivity contribution in [3.05, 3.63) is 105 Å². The summed E-state index contributed by atoms with van der Waals surface area (Å²) >= 11 is 5.82. The van der Waals surface area contributed by atoms with Crippen molar-refractivity contribution in [3.8, 4) is 5.75 Å². The number of hydrazone groups is 1. The molecule has 0 atom stereocenters. The van der Waals surface area contributed by atoms with E-state index in [1.54, 1.807) is 48.5 Å². The van der Waals surface area contributed by atoms with Crippen LogP contribution in [-0.2, 0) is 0 Å². The molecule has 0 heterocycles. The monoisotopic (exact) mass is 423 g/mol. The smallest absolute Gasteiger partial charge is 0.343 e. The van der Waals surface area contributed by atoms with Gasteiger partial charge in [-0.15, -0.1) is 0 Å². The van der Waals surface area contributed by atoms with Crippen LogP contribution in [0.5, 0.6) is 5.75 Å². The molecule has 3 aromatic carbocycles. The van der Waals surface area contributed by atoms with Crippen LogP contribution in [0.15, 0.2) is 77.9 Å². The van der Waals surface area contributed by atoms with E-state index in [4.69, 9.17) is 16.3 Å². The van der Waals surface area contributed by atoms with Crippen molar-refractivity contribution in [3.63, 3.8) is 0 Å². The number of halogens is 1. The number of hydrogen-bond acceptors (Lipinski definition) is 6. The first-order valence-corrected chi connectivity index (χ1v) is 8.96. The molecule has 1 N–H and O–H groups in total. The summed E-state index contributed by atoms with van der Waals surface area (Å²) in [5.41, 5.74) is 2.94. The third-order valence-electron chi connectivity index (χ3n) is 3.89. The van der Waals surface area contributed by atoms with Crippen molar-refractivity contribution in [1.82, 2.24) is 5.43 Å². The summed E-state index contributed by atoms with van der Waals surface area (Å²) in [7, 11) is 0. The van der Waals surface area contributed by atoms with E-state index in [-0.39, 0.29) is 17.0 Å². The van der Waals surface area contributed by atoms with E-state index < -0.39 is 16.8 Å². The Morgan fingerprint density at radius 1 is 1.00 bits per heavy atom. The molecule has 30 heavy (non-hydrogen) atoms. The number of non-ortho nitro benzene ring substituents is 1. The standard InChI is InChI=1S/C21H14ClN3O5/c22-17-10-8-14(9-11-17)21(27)30-19-7-2-1-4-16(19)13-23-24-20(26)15-5-3-6-18(12-15)25(28)29/h1-13H,(H,24,26)/b23-13+. The number of ether oxygens (including phenoxy) is 1. The zero-order chi connectivity index (χ0) is 21.5. The highest BCUT2D eigenvalue weighted by Crippen LogP contribution is 2.19. The van der Waals surface area contributed by atoms with Crippen molar-refractivity contribution < 1.29 is 19.2 Å². The van der Waals surface area contributed by atoms with Crippen LogP contribution in [0, 0.1) is 10.1 Å². The first-order valence-electron chi connectivity index (χ1n) is 8.58. The van der Waals surface area contributed by atoms with Crippen LogP contribution in [0.25, 0.3) is 0 Å². The molecule has 9 heteroatoms. The summed E-state index contributed by atoms with van der Waals surface area (Å²) in [5, 5.41) is 15.2. The predicted molar refractivity (Wildman–Crippen MR) is 111 cm³/mol. The van der Waals surface area contributed by atoms with Crippen molar-refractivity contribution in [2.24, 2.45) is 5.10 Å². The molecule has 0 aliphatic heterocycles. The molecule has 0 unspecified atom stereocenters. The predicted octanol–water partition coefficient (Wildman–Crippen LogP) is 4.23. The first-order chi connectivity index (χ1) is 14.4. The van der Waals surface area contributed by atoms with Crippen LogP contribution in [0.4, 0.5) is 5.69 Å². The third-order valence-corrected chi connectivity index (χ3v) is 4.14. The summed E-state index contributed by atoms with van der Waals surface area (Å²) in [5.74, 6) is -0.954. The Hall–Kier alpha value is -4.04. The minimum Gasteiger partial charge on any atom is -0.422 e. The maximum absolute atomic E-state index is 12.3. The second kappa shape index (κ2) is 9.44. The zero-order valence-corrected chi connectivity index (χ0v) is 16.1. The minimum atomic E-state index is -0.620. The average molecular weight is 424 g/mol. The van der Waals surface area contributed by atoms with Crippen LogP contribution in [0.2, 0.25) is 5.02 Å². The SMILES string of the molecule is O=C(N/N=C/c1ccccc1OC(=O)c1ccc(Cl)cc1)c1cccc([N+](=O)[O-])c1. The van der Waals surface area contributed by atoms with Gasteiger partial charge in [-0.1, -0.05) is 29.8 Å². The Labute approximate surface area is 175 Å². The van der Waals surface area contributed by atoms with Gasteiger partial charge in [-0.3, -0.25) is 14.9 Å². The molecule has 0 saturated heterocycles. The van der Waals surface area contributed by atoms with Crippen LogP contribution in [0.3, 0.4) is 0 Å². The van der Waals surface area contributed by atoms with E-state index in [9.17, 15) is 19.7 Å². The lowest BCUT2D eigenvalue weighted by molar-refractivity contribution is -0.384. The molecular formula is C21H14ClN3O5. The highest BCUT2D eigenvalue weighted by molar-refractivity contribution is 6.30. The second-order valence-electron chi connectivity index (χ2n) is 5.94. The number of nitro benzene ring substituents is 1. The molecule has 0 saturated carbocycles. The van der Waals surface area contributed by atoms with Gasteiger partial charge in [0.05, 0.1) is 16.7 Å². The van der Waals surface area contributed by atoms with Gasteiger partial charge >= 0.3 is 5.97 Å². The van der Waals surface area contributed by atoms with Crippen LogP contribution in [0.1, 0.15) is 26.3 Å². The highest BCUT2D eigenvalue weighted by Gasteiger charge is 2.12. The van der Waals surface area contributed by atoms with E-state index in [2.05, 4.69) is 10.5 Å². The van der Waals surface area contributed by atoms with E-state index in [1.807, 2.05) is 0 Å². The quantitative estimate of drug-likeness (QED) is 0.210. The molecule has 0 radical (unpaired) electrons. The average Bonchev–Trinajstić information content (AvgIpc) is 2.75. The van der Waals surface area contributed by atoms with E-state index in [1.165, 1.54) is 24.4 Å². The van der Waals surface area contributed by atoms with Crippen molar-refractivity contribution in [2.45, 2.75) is 0 Å². The summed E-state index contributed by atoms with van der Waals surface area (Å²) in [6, 6.07) is 18.1. The molecular weight excluding hydrogens is 410 g/mol. The Balaban J connectivity index is 1.70. The van der Waals surface area contributed by atoms with E-state index in [0.717, 1.165) is 6.07 Å². The number of amides is 1. The van der Waals surface area contributed by atoms with Gasteiger partial charge in [0.1, 0.15) is 5.75 Å². The van der Waals surface area contributed by atoms with Gasteiger partial charge in [0, 0.05) is 28.3 Å². The number of hydrogen-bond donors (Lipinski definition) is 1. The van der Waals surface area contributed by atoms with E-state index >= 15 is 0 Å². The molecule has 0 bridgehead atoms. The number of carbonyl (C=O) groups excluding carboxylic acids is 2. The number of carbonyl (C=O) groups is 2. The van der Waals surface area contributed by atoms with Crippen LogP contribution in [-0.4, -0.2) is 23.0 Å². The number of benzene rings is 3. The lowest BCUT2D eigenvalue weighted by Gasteiger charge is -2.07. The number of esters is 1. The number of nitro groups is 1. The molecule has 0 fully saturated rings. The molecule has 0 aliphatic carbocycles. The Morgan fingerprint density at radius 2 is 1.73 bits per heavy atom. The third kappa shape index (κ3) is 5.27. The largest absolute Gasteiger partial charge is 0.422 e. The van der Waals surface area contributed by atoms with Gasteiger partial charge in [0.15, 0.2) is 0 Å². The van der Waals surface area contributed by atoms with Crippen molar-refractivity contribution in [2.75, 3.05) is 0 Å². The first kappa shape index (κ1) is 20.7. The minimum absolute atomic E-state index is 0.0869. The molecule has 0 aromatic heterocycles. The highest BCUT2D eigenvalue weighted by atomic mass is 35.5. The molecule has 0 aliphatic rings. The van der Waals surface area contributed by atoms with Crippen LogP contribution >= 0.6 is 11.6 Å². The normalized spacial score (nSPS) is 10.6. The molecule has 3 aromatic rings. The van der Waals surface area contributed by atoms with Crippen molar-refractivity contribution in [1.29, 1.82) is 0 Å². The van der Waals surface area contributed by atoms with Crippen LogP contribution < -0.4 is 10.2 Å². The van der Waals surface area contributed by atoms with Gasteiger partial charge in [0.2, 0.25) is 0 Å². The Morgan fingerprint density at radius 3 is 2.47 bits per heavy atom. The molecule has 150 valence electrons. The summed E-state index contributed by atoms with van der Waals surface area (Å²) in [4.78, 5) is 34.7. The molecule has 0 spiro atoms. The maximum atomic E-state index is 12.3. The van der Waals surface area contributed by atoms with Gasteiger partial charge < -0.3 is 4.74 Å². The molecule has 8 nitrogen and oxygen atoms in total. The molecule has 3 rings (SSSR count). The summed E-state index contributed by atoms with van der Waals surface area (Å²) in [6.45, 7) is 0.